The highest BCUT2D eigenvalue weighted by Gasteiger charge is 2.07. The topological polar surface area (TPSA) is 32.3 Å². The van der Waals surface area contributed by atoms with Gasteiger partial charge in [0.2, 0.25) is 0 Å². The van der Waals surface area contributed by atoms with Crippen molar-refractivity contribution in [3.63, 3.8) is 0 Å². The Kier molecular flexibility index (Phi) is 7.29. The van der Waals surface area contributed by atoms with Gasteiger partial charge in [0.05, 0.1) is 0 Å². The second-order valence-corrected chi connectivity index (χ2v) is 4.47. The lowest BCUT2D eigenvalue weighted by molar-refractivity contribution is 0.117. The number of hydrogen-bond acceptors (Lipinski definition) is 2. The summed E-state index contributed by atoms with van der Waals surface area (Å²) >= 11 is 0. The third-order valence-corrected chi connectivity index (χ3v) is 2.44. The van der Waals surface area contributed by atoms with E-state index < -0.39 is 0 Å². The molecule has 0 aromatic heterocycles. The molecule has 0 saturated carbocycles. The van der Waals surface area contributed by atoms with E-state index in [0.717, 1.165) is 12.3 Å². The number of hydrogen-bond donors (Lipinski definition) is 2. The third-order valence-electron chi connectivity index (χ3n) is 2.44. The van der Waals surface area contributed by atoms with Crippen molar-refractivity contribution in [2.24, 2.45) is 11.8 Å². The van der Waals surface area contributed by atoms with Gasteiger partial charge in [-0.15, -0.1) is 0 Å². The molecule has 0 amide bonds. The molecule has 2 atom stereocenters. The number of rotatable bonds is 7. The third kappa shape index (κ3) is 8.26. The predicted octanol–water partition coefficient (Wildman–Crippen LogP) is 2.38. The molecular formula is C11H25NO. The van der Waals surface area contributed by atoms with Crippen LogP contribution in [0, 0.1) is 11.8 Å². The smallest absolute Gasteiger partial charge is 0.104 e. The van der Waals surface area contributed by atoms with Gasteiger partial charge in [0, 0.05) is 0 Å². The highest BCUT2D eigenvalue weighted by atomic mass is 16.3. The van der Waals surface area contributed by atoms with E-state index in [2.05, 4.69) is 26.1 Å². The molecule has 0 radical (unpaired) electrons. The fourth-order valence-corrected chi connectivity index (χ4v) is 1.49. The molecule has 0 spiro atoms. The molecule has 2 nitrogen and oxygen atoms in total. The Morgan fingerprint density at radius 2 is 1.77 bits per heavy atom. The van der Waals surface area contributed by atoms with Crippen LogP contribution in [0.5, 0.6) is 0 Å². The van der Waals surface area contributed by atoms with E-state index >= 15 is 0 Å². The standard InChI is InChI=1S/C11H25NO/c1-9(2)6-5-7-10(3)8-11(13)12-4/h9-13H,5-8H2,1-4H3/t10-,11?/m0/s1. The zero-order valence-corrected chi connectivity index (χ0v) is 9.51. The van der Waals surface area contributed by atoms with Gasteiger partial charge in [0.15, 0.2) is 0 Å². The van der Waals surface area contributed by atoms with Gasteiger partial charge in [0.25, 0.3) is 0 Å². The predicted molar refractivity (Wildman–Crippen MR) is 57.5 cm³/mol. The molecule has 13 heavy (non-hydrogen) atoms. The van der Waals surface area contributed by atoms with Crippen molar-refractivity contribution < 1.29 is 5.11 Å². The first kappa shape index (κ1) is 12.9. The van der Waals surface area contributed by atoms with Crippen LogP contribution in [0.15, 0.2) is 0 Å². The summed E-state index contributed by atoms with van der Waals surface area (Å²) in [6, 6.07) is 0. The van der Waals surface area contributed by atoms with E-state index in [-0.39, 0.29) is 6.23 Å². The average Bonchev–Trinajstić information content (AvgIpc) is 2.03. The Morgan fingerprint density at radius 3 is 2.23 bits per heavy atom. The van der Waals surface area contributed by atoms with Crippen molar-refractivity contribution in [1.82, 2.24) is 5.32 Å². The SMILES string of the molecule is CNC(O)C[C@@H](C)CCCC(C)C. The van der Waals surface area contributed by atoms with Gasteiger partial charge in [-0.2, -0.15) is 0 Å². The van der Waals surface area contributed by atoms with Crippen LogP contribution in [0.3, 0.4) is 0 Å². The minimum Gasteiger partial charge on any atom is -0.379 e. The molecule has 0 rings (SSSR count). The van der Waals surface area contributed by atoms with Crippen molar-refractivity contribution >= 4 is 0 Å². The van der Waals surface area contributed by atoms with Crippen LogP contribution < -0.4 is 5.32 Å². The largest absolute Gasteiger partial charge is 0.379 e. The highest BCUT2D eigenvalue weighted by molar-refractivity contribution is 4.59. The molecule has 0 saturated heterocycles. The van der Waals surface area contributed by atoms with Crippen LogP contribution >= 0.6 is 0 Å². The molecule has 2 heteroatoms. The number of nitrogens with one attached hydrogen (secondary N) is 1. The molecule has 0 aliphatic heterocycles. The Labute approximate surface area is 82.7 Å². The normalized spacial score (nSPS) is 16.2. The Morgan fingerprint density at radius 1 is 1.15 bits per heavy atom. The zero-order chi connectivity index (χ0) is 10.3. The van der Waals surface area contributed by atoms with Crippen molar-refractivity contribution in [2.45, 2.75) is 52.7 Å². The molecule has 0 aliphatic rings. The molecular weight excluding hydrogens is 162 g/mol. The fraction of sp³-hybridized carbons (Fsp3) is 1.00. The van der Waals surface area contributed by atoms with Gasteiger partial charge in [-0.3, -0.25) is 5.32 Å². The molecule has 0 bridgehead atoms. The molecule has 0 aromatic rings. The highest BCUT2D eigenvalue weighted by Crippen LogP contribution is 2.15. The van der Waals surface area contributed by atoms with E-state index in [4.69, 9.17) is 0 Å². The quantitative estimate of drug-likeness (QED) is 0.600. The molecule has 2 N–H and O–H groups in total. The molecule has 0 fully saturated rings. The van der Waals surface area contributed by atoms with Gasteiger partial charge < -0.3 is 5.11 Å². The zero-order valence-electron chi connectivity index (χ0n) is 9.51. The van der Waals surface area contributed by atoms with Crippen LogP contribution in [-0.2, 0) is 0 Å². The monoisotopic (exact) mass is 187 g/mol. The summed E-state index contributed by atoms with van der Waals surface area (Å²) in [6.07, 6.45) is 4.37. The summed E-state index contributed by atoms with van der Waals surface area (Å²) in [4.78, 5) is 0. The summed E-state index contributed by atoms with van der Waals surface area (Å²) in [6.45, 7) is 6.72. The van der Waals surface area contributed by atoms with Gasteiger partial charge in [-0.25, -0.2) is 0 Å². The first-order valence-electron chi connectivity index (χ1n) is 5.41. The van der Waals surface area contributed by atoms with Crippen molar-refractivity contribution in [3.05, 3.63) is 0 Å². The van der Waals surface area contributed by atoms with Gasteiger partial charge in [0.1, 0.15) is 6.23 Å². The minimum atomic E-state index is -0.325. The lowest BCUT2D eigenvalue weighted by atomic mass is 9.97. The van der Waals surface area contributed by atoms with Crippen molar-refractivity contribution in [3.8, 4) is 0 Å². The molecule has 0 heterocycles. The van der Waals surface area contributed by atoms with E-state index in [9.17, 15) is 5.11 Å². The van der Waals surface area contributed by atoms with Crippen molar-refractivity contribution in [2.75, 3.05) is 7.05 Å². The fourth-order valence-electron chi connectivity index (χ4n) is 1.49. The number of aliphatic hydroxyl groups excluding tert-OH is 1. The van der Waals surface area contributed by atoms with Crippen LogP contribution in [0.4, 0.5) is 0 Å². The Balaban J connectivity index is 3.34. The van der Waals surface area contributed by atoms with Gasteiger partial charge in [-0.1, -0.05) is 40.0 Å². The summed E-state index contributed by atoms with van der Waals surface area (Å²) in [5, 5.41) is 12.2. The first-order valence-corrected chi connectivity index (χ1v) is 5.41. The van der Waals surface area contributed by atoms with Gasteiger partial charge in [-0.05, 0) is 25.3 Å². The molecule has 80 valence electrons. The summed E-state index contributed by atoms with van der Waals surface area (Å²) in [7, 11) is 1.80. The Bertz CT molecular complexity index is 115. The minimum absolute atomic E-state index is 0.325. The Hall–Kier alpha value is -0.0800. The van der Waals surface area contributed by atoms with E-state index in [0.29, 0.717) is 5.92 Å². The summed E-state index contributed by atoms with van der Waals surface area (Å²) in [5.74, 6) is 1.43. The van der Waals surface area contributed by atoms with E-state index in [1.807, 2.05) is 0 Å². The molecule has 1 unspecified atom stereocenters. The lowest BCUT2D eigenvalue weighted by Gasteiger charge is -2.15. The second-order valence-electron chi connectivity index (χ2n) is 4.47. The maximum absolute atomic E-state index is 9.33. The first-order chi connectivity index (χ1) is 6.06. The average molecular weight is 187 g/mol. The molecule has 0 aromatic carbocycles. The van der Waals surface area contributed by atoms with E-state index in [1.54, 1.807) is 7.05 Å². The number of aliphatic hydroxyl groups is 1. The van der Waals surface area contributed by atoms with Crippen LogP contribution in [0.2, 0.25) is 0 Å². The van der Waals surface area contributed by atoms with E-state index in [1.165, 1.54) is 19.3 Å². The van der Waals surface area contributed by atoms with Gasteiger partial charge >= 0.3 is 0 Å². The van der Waals surface area contributed by atoms with Crippen LogP contribution in [-0.4, -0.2) is 18.4 Å². The maximum Gasteiger partial charge on any atom is 0.104 e. The van der Waals surface area contributed by atoms with Crippen LogP contribution in [0.25, 0.3) is 0 Å². The second kappa shape index (κ2) is 7.34. The summed E-state index contributed by atoms with van der Waals surface area (Å²) < 4.78 is 0. The lowest BCUT2D eigenvalue weighted by Crippen LogP contribution is -2.26. The molecule has 0 aliphatic carbocycles. The maximum atomic E-state index is 9.33. The van der Waals surface area contributed by atoms with Crippen LogP contribution in [0.1, 0.15) is 46.5 Å². The van der Waals surface area contributed by atoms with Crippen molar-refractivity contribution in [1.29, 1.82) is 0 Å². The summed E-state index contributed by atoms with van der Waals surface area (Å²) in [5.41, 5.74) is 0.